The number of anilines is 1. The molecule has 0 radical (unpaired) electrons. The summed E-state index contributed by atoms with van der Waals surface area (Å²) in [6, 6.07) is 8.26. The number of nitrogens with one attached hydrogen (secondary N) is 1. The zero-order valence-corrected chi connectivity index (χ0v) is 13.4. The first-order chi connectivity index (χ1) is 12.4. The van der Waals surface area contributed by atoms with E-state index in [0.717, 1.165) is 16.7 Å². The molecule has 132 valence electrons. The van der Waals surface area contributed by atoms with Crippen molar-refractivity contribution in [2.24, 2.45) is 0 Å². The molecule has 0 saturated heterocycles. The summed E-state index contributed by atoms with van der Waals surface area (Å²) in [7, 11) is 1.56. The quantitative estimate of drug-likeness (QED) is 0.597. The molecule has 6 nitrogen and oxygen atoms in total. The molecule has 0 unspecified atom stereocenters. The van der Waals surface area contributed by atoms with Crippen molar-refractivity contribution in [1.82, 2.24) is 18.9 Å². The number of hydrogen-bond acceptors (Lipinski definition) is 4. The van der Waals surface area contributed by atoms with Crippen molar-refractivity contribution in [2.45, 2.75) is 6.18 Å². The summed E-state index contributed by atoms with van der Waals surface area (Å²) in [6.45, 7) is 0. The Morgan fingerprint density at radius 1 is 1.15 bits per heavy atom. The molecule has 0 atom stereocenters. The predicted octanol–water partition coefficient (Wildman–Crippen LogP) is 3.09. The Morgan fingerprint density at radius 3 is 2.69 bits per heavy atom. The second kappa shape index (κ2) is 5.58. The van der Waals surface area contributed by atoms with Crippen LogP contribution in [0.1, 0.15) is 5.56 Å². The van der Waals surface area contributed by atoms with E-state index >= 15 is 0 Å². The van der Waals surface area contributed by atoms with Crippen LogP contribution in [-0.2, 0) is 6.18 Å². The molecule has 0 spiro atoms. The summed E-state index contributed by atoms with van der Waals surface area (Å²) in [4.78, 5) is 20.7. The van der Waals surface area contributed by atoms with Crippen LogP contribution in [0.5, 0.6) is 0 Å². The van der Waals surface area contributed by atoms with Gasteiger partial charge in [-0.3, -0.25) is 4.40 Å². The number of aromatic nitrogens is 4. The number of halogens is 3. The predicted molar refractivity (Wildman–Crippen MR) is 90.6 cm³/mol. The summed E-state index contributed by atoms with van der Waals surface area (Å²) in [5.74, 6) is 0.567. The Kier molecular flexibility index (Phi) is 3.46. The number of alkyl halides is 3. The fourth-order valence-corrected chi connectivity index (χ4v) is 2.93. The third-order valence-electron chi connectivity index (χ3n) is 4.09. The van der Waals surface area contributed by atoms with E-state index in [9.17, 15) is 18.0 Å². The highest BCUT2D eigenvalue weighted by Gasteiger charge is 2.31. The maximum Gasteiger partial charge on any atom is 0.416 e. The molecule has 26 heavy (non-hydrogen) atoms. The van der Waals surface area contributed by atoms with E-state index < -0.39 is 17.4 Å². The Morgan fingerprint density at radius 2 is 1.96 bits per heavy atom. The van der Waals surface area contributed by atoms with Gasteiger partial charge < -0.3 is 5.32 Å². The van der Waals surface area contributed by atoms with Gasteiger partial charge >= 0.3 is 11.9 Å². The minimum atomic E-state index is -4.53. The molecular weight excluding hydrogens is 347 g/mol. The Hall–Kier alpha value is -3.36. The molecule has 3 heterocycles. The van der Waals surface area contributed by atoms with Gasteiger partial charge in [-0.2, -0.15) is 18.2 Å². The van der Waals surface area contributed by atoms with Crippen LogP contribution >= 0.6 is 0 Å². The van der Waals surface area contributed by atoms with Crippen LogP contribution in [0, 0.1) is 0 Å². The number of nitrogens with zero attached hydrogens (tertiary/aromatic N) is 4. The van der Waals surface area contributed by atoms with Gasteiger partial charge in [-0.15, -0.1) is 0 Å². The number of fused-ring (bicyclic) bond motifs is 2. The summed E-state index contributed by atoms with van der Waals surface area (Å²) in [6.07, 6.45) is -1.36. The Labute approximate surface area is 144 Å². The lowest BCUT2D eigenvalue weighted by molar-refractivity contribution is -0.137. The number of imidazole rings is 1. The summed E-state index contributed by atoms with van der Waals surface area (Å²) in [5, 5.41) is 3.16. The lowest BCUT2D eigenvalue weighted by Crippen LogP contribution is -2.25. The fourth-order valence-electron chi connectivity index (χ4n) is 2.93. The van der Waals surface area contributed by atoms with E-state index in [1.54, 1.807) is 42.0 Å². The zero-order chi connectivity index (χ0) is 18.5. The first kappa shape index (κ1) is 16.1. The highest BCUT2D eigenvalue weighted by atomic mass is 19.4. The molecule has 3 aromatic heterocycles. The number of hydrogen-bond donors (Lipinski definition) is 1. The molecular formula is C17H12F3N5O. The first-order valence-electron chi connectivity index (χ1n) is 7.64. The topological polar surface area (TPSA) is 64.2 Å². The first-order valence-corrected chi connectivity index (χ1v) is 7.64. The zero-order valence-electron chi connectivity index (χ0n) is 13.4. The van der Waals surface area contributed by atoms with Crippen LogP contribution in [0.4, 0.5) is 19.0 Å². The second-order valence-electron chi connectivity index (χ2n) is 5.60. The lowest BCUT2D eigenvalue weighted by Gasteiger charge is -2.15. The van der Waals surface area contributed by atoms with E-state index in [2.05, 4.69) is 15.3 Å². The summed E-state index contributed by atoms with van der Waals surface area (Å²) in [5.41, 5.74) is -0.871. The van der Waals surface area contributed by atoms with Crippen LogP contribution < -0.4 is 11.0 Å². The van der Waals surface area contributed by atoms with E-state index in [-0.39, 0.29) is 11.3 Å². The summed E-state index contributed by atoms with van der Waals surface area (Å²) >= 11 is 0. The molecule has 0 bridgehead atoms. The van der Waals surface area contributed by atoms with Crippen molar-refractivity contribution in [3.05, 3.63) is 64.8 Å². The van der Waals surface area contributed by atoms with Crippen molar-refractivity contribution >= 4 is 22.4 Å². The van der Waals surface area contributed by atoms with Gasteiger partial charge in [0.1, 0.15) is 17.3 Å². The minimum Gasteiger partial charge on any atom is -0.372 e. The average molecular weight is 359 g/mol. The van der Waals surface area contributed by atoms with Gasteiger partial charge in [-0.05, 0) is 30.3 Å². The van der Waals surface area contributed by atoms with Crippen LogP contribution in [0.15, 0.2) is 53.6 Å². The molecule has 9 heteroatoms. The Bertz CT molecular complexity index is 1190. The van der Waals surface area contributed by atoms with Gasteiger partial charge in [0.05, 0.1) is 11.1 Å². The van der Waals surface area contributed by atoms with Gasteiger partial charge in [-0.25, -0.2) is 14.3 Å². The van der Waals surface area contributed by atoms with Gasteiger partial charge in [0.15, 0.2) is 0 Å². The van der Waals surface area contributed by atoms with Gasteiger partial charge in [0.2, 0.25) is 0 Å². The van der Waals surface area contributed by atoms with Crippen LogP contribution in [0.3, 0.4) is 0 Å². The third-order valence-corrected chi connectivity index (χ3v) is 4.09. The van der Waals surface area contributed by atoms with E-state index in [0.29, 0.717) is 16.9 Å². The lowest BCUT2D eigenvalue weighted by atomic mass is 10.1. The molecule has 0 aliphatic carbocycles. The van der Waals surface area contributed by atoms with Crippen LogP contribution in [0.2, 0.25) is 0 Å². The van der Waals surface area contributed by atoms with E-state index in [1.165, 1.54) is 6.07 Å². The van der Waals surface area contributed by atoms with E-state index in [1.807, 2.05) is 0 Å². The molecule has 1 N–H and O–H groups in total. The Balaban J connectivity index is 2.16. The highest BCUT2D eigenvalue weighted by molar-refractivity contribution is 5.90. The molecule has 0 fully saturated rings. The van der Waals surface area contributed by atoms with Crippen LogP contribution in [-0.4, -0.2) is 26.0 Å². The number of pyridine rings is 1. The highest BCUT2D eigenvalue weighted by Crippen LogP contribution is 2.33. The fraction of sp³-hybridized carbons (Fsp3) is 0.118. The molecule has 0 amide bonds. The minimum absolute atomic E-state index is 0.102. The van der Waals surface area contributed by atoms with Crippen molar-refractivity contribution in [2.75, 3.05) is 12.4 Å². The maximum atomic E-state index is 13.2. The van der Waals surface area contributed by atoms with Gasteiger partial charge in [-0.1, -0.05) is 6.07 Å². The standard InChI is InChI=1S/C17H12F3N5O/c1-21-15-11-6-5-10(17(18,19)20)9-12(11)25(16(26)23-15)14-4-2-3-13-22-7-8-24(13)14/h2-9H,1H3,(H,21,23,26). The third kappa shape index (κ3) is 2.40. The smallest absolute Gasteiger partial charge is 0.372 e. The normalized spacial score (nSPS) is 12.0. The van der Waals surface area contributed by atoms with Gasteiger partial charge in [0, 0.05) is 24.8 Å². The molecule has 4 rings (SSSR count). The number of benzene rings is 1. The molecule has 0 aliphatic rings. The van der Waals surface area contributed by atoms with Crippen molar-refractivity contribution in [3.8, 4) is 5.82 Å². The molecule has 4 aromatic rings. The van der Waals surface area contributed by atoms with Gasteiger partial charge in [0.25, 0.3) is 0 Å². The molecule has 0 aliphatic heterocycles. The van der Waals surface area contributed by atoms with Crippen LogP contribution in [0.25, 0.3) is 22.4 Å². The van der Waals surface area contributed by atoms with Crippen molar-refractivity contribution in [1.29, 1.82) is 0 Å². The summed E-state index contributed by atoms with van der Waals surface area (Å²) < 4.78 is 42.4. The molecule has 0 saturated carbocycles. The van der Waals surface area contributed by atoms with E-state index in [4.69, 9.17) is 0 Å². The maximum absolute atomic E-state index is 13.2. The van der Waals surface area contributed by atoms with Crippen molar-refractivity contribution < 1.29 is 13.2 Å². The SMILES string of the molecule is CNc1nc(=O)n(-c2cccc3nccn23)c2cc(C(F)(F)F)ccc12. The number of rotatable bonds is 2. The molecule has 1 aromatic carbocycles. The van der Waals surface area contributed by atoms with Crippen molar-refractivity contribution in [3.63, 3.8) is 0 Å². The second-order valence-corrected chi connectivity index (χ2v) is 5.60. The monoisotopic (exact) mass is 359 g/mol. The average Bonchev–Trinajstić information content (AvgIpc) is 3.09. The largest absolute Gasteiger partial charge is 0.416 e.